The van der Waals surface area contributed by atoms with Crippen LogP contribution in [0.4, 0.5) is 0 Å². The SMILES string of the molecule is CC1(C)c2ccccc2-c2c3c1cccc3cc1c3ccccc3n(-c3ccc(-c4ccccc4)cc3)c21. The maximum Gasteiger partial charge on any atom is 0.0626 e. The molecule has 6 aromatic carbocycles. The first-order chi connectivity index (χ1) is 18.6. The number of hydrogen-bond donors (Lipinski definition) is 0. The third kappa shape index (κ3) is 2.82. The summed E-state index contributed by atoms with van der Waals surface area (Å²) in [5, 5.41) is 5.30. The van der Waals surface area contributed by atoms with Crippen LogP contribution < -0.4 is 0 Å². The Kier molecular flexibility index (Phi) is 4.35. The van der Waals surface area contributed by atoms with Gasteiger partial charge in [-0.25, -0.2) is 0 Å². The zero-order valence-electron chi connectivity index (χ0n) is 21.6. The molecule has 1 heterocycles. The summed E-state index contributed by atoms with van der Waals surface area (Å²) in [7, 11) is 0. The van der Waals surface area contributed by atoms with Crippen molar-refractivity contribution in [3.63, 3.8) is 0 Å². The Morgan fingerprint density at radius 1 is 0.553 bits per heavy atom. The molecule has 0 atom stereocenters. The summed E-state index contributed by atoms with van der Waals surface area (Å²) >= 11 is 0. The first kappa shape index (κ1) is 21.5. The number of aromatic nitrogens is 1. The summed E-state index contributed by atoms with van der Waals surface area (Å²) in [6, 6.07) is 46.8. The minimum Gasteiger partial charge on any atom is -0.309 e. The average Bonchev–Trinajstić information content (AvgIpc) is 3.30. The van der Waals surface area contributed by atoms with Crippen LogP contribution in [-0.2, 0) is 5.41 Å². The standard InChI is InChI=1S/C37H27N/c1-37(2)31-16-8-6-15-29(31)35-34-26(13-10-17-32(34)37)23-30-28-14-7-9-18-33(28)38(36(30)35)27-21-19-25(20-22-27)24-11-4-3-5-12-24/h3-23H,1-2H3. The third-order valence-electron chi connectivity index (χ3n) is 8.57. The van der Waals surface area contributed by atoms with Crippen LogP contribution in [0.3, 0.4) is 0 Å². The lowest BCUT2D eigenvalue weighted by atomic mass is 9.68. The van der Waals surface area contributed by atoms with Gasteiger partial charge in [0.2, 0.25) is 0 Å². The van der Waals surface area contributed by atoms with Gasteiger partial charge in [-0.3, -0.25) is 0 Å². The number of benzene rings is 6. The summed E-state index contributed by atoms with van der Waals surface area (Å²) in [5.74, 6) is 0. The van der Waals surface area contributed by atoms with Crippen LogP contribution in [0.25, 0.3) is 60.5 Å². The molecule has 0 amide bonds. The molecule has 0 N–H and O–H groups in total. The van der Waals surface area contributed by atoms with E-state index in [-0.39, 0.29) is 5.41 Å². The Morgan fingerprint density at radius 2 is 1.24 bits per heavy atom. The van der Waals surface area contributed by atoms with Crippen LogP contribution in [0.15, 0.2) is 127 Å². The van der Waals surface area contributed by atoms with Crippen molar-refractivity contribution in [2.24, 2.45) is 0 Å². The van der Waals surface area contributed by atoms with Gasteiger partial charge in [-0.2, -0.15) is 0 Å². The first-order valence-corrected chi connectivity index (χ1v) is 13.4. The quantitative estimate of drug-likeness (QED) is 0.230. The van der Waals surface area contributed by atoms with Gasteiger partial charge in [-0.15, -0.1) is 0 Å². The summed E-state index contributed by atoms with van der Waals surface area (Å²) in [6.45, 7) is 4.73. The molecule has 1 heteroatoms. The highest BCUT2D eigenvalue weighted by Gasteiger charge is 2.35. The van der Waals surface area contributed by atoms with Gasteiger partial charge in [0.05, 0.1) is 11.0 Å². The first-order valence-electron chi connectivity index (χ1n) is 13.4. The highest BCUT2D eigenvalue weighted by Crippen LogP contribution is 2.52. The molecule has 0 bridgehead atoms. The van der Waals surface area contributed by atoms with E-state index in [1.165, 1.54) is 71.6 Å². The number of rotatable bonds is 2. The van der Waals surface area contributed by atoms with E-state index in [0.717, 1.165) is 0 Å². The van der Waals surface area contributed by atoms with Crippen molar-refractivity contribution in [2.45, 2.75) is 19.3 Å². The van der Waals surface area contributed by atoms with E-state index in [9.17, 15) is 0 Å². The molecule has 0 spiro atoms. The van der Waals surface area contributed by atoms with Gasteiger partial charge in [-0.05, 0) is 62.9 Å². The van der Waals surface area contributed by atoms with Crippen molar-refractivity contribution in [3.05, 3.63) is 139 Å². The Labute approximate surface area is 222 Å². The van der Waals surface area contributed by atoms with Crippen molar-refractivity contribution in [2.75, 3.05) is 0 Å². The minimum absolute atomic E-state index is 0.0645. The summed E-state index contributed by atoms with van der Waals surface area (Å²) in [6.07, 6.45) is 0. The molecule has 0 saturated carbocycles. The second-order valence-corrected chi connectivity index (χ2v) is 11.0. The van der Waals surface area contributed by atoms with Gasteiger partial charge >= 0.3 is 0 Å². The minimum atomic E-state index is -0.0645. The van der Waals surface area contributed by atoms with E-state index in [4.69, 9.17) is 0 Å². The summed E-state index contributed by atoms with van der Waals surface area (Å²) in [5.41, 5.74) is 11.6. The third-order valence-corrected chi connectivity index (χ3v) is 8.57. The fraction of sp³-hybridized carbons (Fsp3) is 0.0811. The Balaban J connectivity index is 1.53. The van der Waals surface area contributed by atoms with E-state index in [1.54, 1.807) is 0 Å². The fourth-order valence-corrected chi connectivity index (χ4v) is 6.78. The highest BCUT2D eigenvalue weighted by molar-refractivity contribution is 6.23. The molecule has 1 nitrogen and oxygen atoms in total. The maximum atomic E-state index is 2.49. The molecular formula is C37H27N. The molecule has 0 radical (unpaired) electrons. The van der Waals surface area contributed by atoms with Crippen LogP contribution in [-0.4, -0.2) is 4.57 Å². The van der Waals surface area contributed by atoms with Crippen LogP contribution in [0.5, 0.6) is 0 Å². The van der Waals surface area contributed by atoms with Crippen LogP contribution in [0, 0.1) is 0 Å². The van der Waals surface area contributed by atoms with Crippen LogP contribution in [0.2, 0.25) is 0 Å². The topological polar surface area (TPSA) is 4.93 Å². The molecule has 0 fully saturated rings. The van der Waals surface area contributed by atoms with Crippen LogP contribution in [0.1, 0.15) is 25.0 Å². The molecule has 8 rings (SSSR count). The number of hydrogen-bond acceptors (Lipinski definition) is 0. The lowest BCUT2D eigenvalue weighted by Gasteiger charge is -2.35. The largest absolute Gasteiger partial charge is 0.309 e. The van der Waals surface area contributed by atoms with Crippen molar-refractivity contribution in [3.8, 4) is 27.9 Å². The van der Waals surface area contributed by atoms with Gasteiger partial charge < -0.3 is 4.57 Å². The normalized spacial score (nSPS) is 13.7. The molecule has 0 unspecified atom stereocenters. The molecule has 1 aromatic heterocycles. The monoisotopic (exact) mass is 485 g/mol. The van der Waals surface area contributed by atoms with Gasteiger partial charge in [0.1, 0.15) is 0 Å². The van der Waals surface area contributed by atoms with Crippen molar-refractivity contribution >= 4 is 32.6 Å². The van der Waals surface area contributed by atoms with Gasteiger partial charge in [0.25, 0.3) is 0 Å². The molecule has 180 valence electrons. The molecular weight excluding hydrogens is 458 g/mol. The molecule has 0 aliphatic heterocycles. The second-order valence-electron chi connectivity index (χ2n) is 11.0. The predicted octanol–water partition coefficient (Wildman–Crippen LogP) is 9.91. The number of para-hydroxylation sites is 1. The molecule has 7 aromatic rings. The van der Waals surface area contributed by atoms with E-state index in [1.807, 2.05) is 0 Å². The zero-order chi connectivity index (χ0) is 25.4. The van der Waals surface area contributed by atoms with E-state index < -0.39 is 0 Å². The molecule has 0 saturated heterocycles. The predicted molar refractivity (Wildman–Crippen MR) is 161 cm³/mol. The van der Waals surface area contributed by atoms with Gasteiger partial charge in [-0.1, -0.05) is 117 Å². The van der Waals surface area contributed by atoms with Crippen molar-refractivity contribution in [1.29, 1.82) is 0 Å². The van der Waals surface area contributed by atoms with Crippen molar-refractivity contribution in [1.82, 2.24) is 4.57 Å². The Hall–Kier alpha value is -4.62. The van der Waals surface area contributed by atoms with Gasteiger partial charge in [0.15, 0.2) is 0 Å². The highest BCUT2D eigenvalue weighted by atomic mass is 15.0. The Morgan fingerprint density at radius 3 is 2.08 bits per heavy atom. The number of fused-ring (bicyclic) bond motifs is 6. The second kappa shape index (κ2) is 7.69. The summed E-state index contributed by atoms with van der Waals surface area (Å²) in [4.78, 5) is 0. The van der Waals surface area contributed by atoms with Gasteiger partial charge in [0, 0.05) is 27.4 Å². The maximum absolute atomic E-state index is 2.49. The van der Waals surface area contributed by atoms with Crippen molar-refractivity contribution < 1.29 is 0 Å². The zero-order valence-corrected chi connectivity index (χ0v) is 21.6. The summed E-state index contributed by atoms with van der Waals surface area (Å²) < 4.78 is 2.49. The van der Waals surface area contributed by atoms with E-state index in [0.29, 0.717) is 0 Å². The lowest BCUT2D eigenvalue weighted by molar-refractivity contribution is 0.645. The van der Waals surface area contributed by atoms with Crippen LogP contribution >= 0.6 is 0 Å². The van der Waals surface area contributed by atoms with E-state index in [2.05, 4.69) is 146 Å². The smallest absolute Gasteiger partial charge is 0.0626 e. The Bertz CT molecular complexity index is 2020. The molecule has 38 heavy (non-hydrogen) atoms. The number of nitrogens with zero attached hydrogens (tertiary/aromatic N) is 1. The van der Waals surface area contributed by atoms with E-state index >= 15 is 0 Å². The molecule has 1 aliphatic rings. The molecule has 1 aliphatic carbocycles. The average molecular weight is 486 g/mol. The lowest BCUT2D eigenvalue weighted by Crippen LogP contribution is -2.23. The fourth-order valence-electron chi connectivity index (χ4n) is 6.78.